The molecule has 6 heteroatoms. The first kappa shape index (κ1) is 16.7. The number of benzene rings is 1. The van der Waals surface area contributed by atoms with Crippen LogP contribution in [0.3, 0.4) is 0 Å². The Kier molecular flexibility index (Phi) is 4.71. The Morgan fingerprint density at radius 2 is 1.88 bits per heavy atom. The summed E-state index contributed by atoms with van der Waals surface area (Å²) < 4.78 is 0. The van der Waals surface area contributed by atoms with E-state index in [9.17, 15) is 14.4 Å². The summed E-state index contributed by atoms with van der Waals surface area (Å²) in [6, 6.07) is 6.96. The van der Waals surface area contributed by atoms with Crippen LogP contribution in [0, 0.1) is 11.8 Å². The van der Waals surface area contributed by atoms with E-state index in [0.717, 1.165) is 10.5 Å². The summed E-state index contributed by atoms with van der Waals surface area (Å²) in [7, 11) is 0. The molecule has 0 radical (unpaired) electrons. The molecule has 1 saturated heterocycles. The molecule has 126 valence electrons. The molecule has 0 bridgehead atoms. The summed E-state index contributed by atoms with van der Waals surface area (Å²) in [5.41, 5.74) is 0.868. The van der Waals surface area contributed by atoms with Crippen LogP contribution in [0.5, 0.6) is 0 Å². The molecule has 0 aromatic heterocycles. The highest BCUT2D eigenvalue weighted by Crippen LogP contribution is 2.34. The number of carbonyl (C=O) groups excluding carboxylic acids is 3. The van der Waals surface area contributed by atoms with Crippen LogP contribution in [0.1, 0.15) is 31.4 Å². The number of hydrogen-bond donors (Lipinski definition) is 1. The van der Waals surface area contributed by atoms with E-state index in [0.29, 0.717) is 17.9 Å². The zero-order chi connectivity index (χ0) is 17.3. The second-order valence-electron chi connectivity index (χ2n) is 6.26. The van der Waals surface area contributed by atoms with E-state index in [4.69, 9.17) is 11.6 Å². The molecule has 1 fully saturated rings. The summed E-state index contributed by atoms with van der Waals surface area (Å²) >= 11 is 5.95. The maximum atomic E-state index is 12.4. The van der Waals surface area contributed by atoms with Gasteiger partial charge in [-0.1, -0.05) is 35.9 Å². The third-order valence-corrected chi connectivity index (χ3v) is 4.86. The lowest BCUT2D eigenvalue weighted by atomic mass is 9.85. The van der Waals surface area contributed by atoms with Crippen molar-refractivity contribution in [2.45, 2.75) is 25.8 Å². The lowest BCUT2D eigenvalue weighted by molar-refractivity contribution is -0.143. The Bertz CT molecular complexity index is 690. The van der Waals surface area contributed by atoms with Gasteiger partial charge in [-0.05, 0) is 37.5 Å². The highest BCUT2D eigenvalue weighted by atomic mass is 35.5. The molecule has 1 aliphatic carbocycles. The third-order valence-electron chi connectivity index (χ3n) is 4.63. The minimum atomic E-state index is -0.351. The Morgan fingerprint density at radius 3 is 2.46 bits per heavy atom. The van der Waals surface area contributed by atoms with Crippen LogP contribution in [0.15, 0.2) is 36.4 Å². The van der Waals surface area contributed by atoms with Gasteiger partial charge in [-0.15, -0.1) is 0 Å². The Hall–Kier alpha value is -2.14. The van der Waals surface area contributed by atoms with Gasteiger partial charge in [-0.2, -0.15) is 0 Å². The smallest absolute Gasteiger partial charge is 0.240 e. The van der Waals surface area contributed by atoms with Gasteiger partial charge in [-0.25, -0.2) is 0 Å². The van der Waals surface area contributed by atoms with Gasteiger partial charge in [0.05, 0.1) is 17.9 Å². The van der Waals surface area contributed by atoms with Crippen LogP contribution >= 0.6 is 11.6 Å². The summed E-state index contributed by atoms with van der Waals surface area (Å²) in [5.74, 6) is -1.43. The summed E-state index contributed by atoms with van der Waals surface area (Å²) in [4.78, 5) is 38.1. The maximum Gasteiger partial charge on any atom is 0.240 e. The molecule has 2 aliphatic rings. The lowest BCUT2D eigenvalue weighted by Crippen LogP contribution is -2.41. The van der Waals surface area contributed by atoms with Crippen LogP contribution in [-0.2, 0) is 14.4 Å². The molecule has 1 aromatic carbocycles. The molecule has 1 N–H and O–H groups in total. The van der Waals surface area contributed by atoms with E-state index in [2.05, 4.69) is 5.32 Å². The predicted molar refractivity (Wildman–Crippen MR) is 90.1 cm³/mol. The molecule has 3 atom stereocenters. The van der Waals surface area contributed by atoms with E-state index in [1.165, 1.54) is 0 Å². The van der Waals surface area contributed by atoms with Crippen molar-refractivity contribution >= 4 is 29.3 Å². The maximum absolute atomic E-state index is 12.4. The number of fused-ring (bicyclic) bond motifs is 1. The van der Waals surface area contributed by atoms with Gasteiger partial charge in [-0.3, -0.25) is 19.3 Å². The van der Waals surface area contributed by atoms with Gasteiger partial charge in [0.1, 0.15) is 6.54 Å². The molecule has 0 spiro atoms. The fourth-order valence-corrected chi connectivity index (χ4v) is 3.51. The molecule has 5 nitrogen and oxygen atoms in total. The van der Waals surface area contributed by atoms with Crippen molar-refractivity contribution in [3.63, 3.8) is 0 Å². The van der Waals surface area contributed by atoms with Crippen molar-refractivity contribution in [2.24, 2.45) is 11.8 Å². The fraction of sp³-hybridized carbons (Fsp3) is 0.389. The number of imide groups is 1. The number of allylic oxidation sites excluding steroid dienone is 2. The first-order chi connectivity index (χ1) is 11.5. The zero-order valence-electron chi connectivity index (χ0n) is 13.4. The molecule has 24 heavy (non-hydrogen) atoms. The SMILES string of the molecule is C[C@@H](NC(=O)CN1C(=O)[C@H]2CC=CC[C@H]2C1=O)c1cccc(Cl)c1. The van der Waals surface area contributed by atoms with Gasteiger partial charge in [0.2, 0.25) is 17.7 Å². The van der Waals surface area contributed by atoms with Crippen LogP contribution in [0.2, 0.25) is 5.02 Å². The number of likely N-dealkylation sites (tertiary alicyclic amines) is 1. The molecule has 3 amide bonds. The number of hydrogen-bond acceptors (Lipinski definition) is 3. The van der Waals surface area contributed by atoms with E-state index in [1.54, 1.807) is 12.1 Å². The van der Waals surface area contributed by atoms with Gasteiger partial charge >= 0.3 is 0 Å². The molecular weight excluding hydrogens is 328 g/mol. The third kappa shape index (κ3) is 3.22. The number of nitrogens with zero attached hydrogens (tertiary/aromatic N) is 1. The molecule has 1 aromatic rings. The van der Waals surface area contributed by atoms with Crippen molar-refractivity contribution in [2.75, 3.05) is 6.54 Å². The summed E-state index contributed by atoms with van der Waals surface area (Å²) in [6.07, 6.45) is 5.01. The summed E-state index contributed by atoms with van der Waals surface area (Å²) in [5, 5.41) is 3.41. The normalized spacial score (nSPS) is 24.0. The second kappa shape index (κ2) is 6.77. The van der Waals surface area contributed by atoms with E-state index in [-0.39, 0.29) is 42.1 Å². The predicted octanol–water partition coefficient (Wildman–Crippen LogP) is 2.47. The standard InChI is InChI=1S/C18H19ClN2O3/c1-11(12-5-4-6-13(19)9-12)20-16(22)10-21-17(23)14-7-2-3-8-15(14)18(21)24/h2-6,9,11,14-15H,7-8,10H2,1H3,(H,20,22)/t11-,14-,15+/m1/s1. The topological polar surface area (TPSA) is 66.5 Å². The highest BCUT2D eigenvalue weighted by molar-refractivity contribution is 6.30. The van der Waals surface area contributed by atoms with Gasteiger partial charge in [0.25, 0.3) is 0 Å². The van der Waals surface area contributed by atoms with Crippen LogP contribution < -0.4 is 5.32 Å². The van der Waals surface area contributed by atoms with Gasteiger partial charge in [0, 0.05) is 5.02 Å². The Balaban J connectivity index is 1.63. The van der Waals surface area contributed by atoms with Crippen LogP contribution in [0.4, 0.5) is 0 Å². The molecule has 1 heterocycles. The van der Waals surface area contributed by atoms with Crippen molar-refractivity contribution in [1.82, 2.24) is 10.2 Å². The van der Waals surface area contributed by atoms with E-state index in [1.807, 2.05) is 31.2 Å². The van der Waals surface area contributed by atoms with Gasteiger partial charge in [0.15, 0.2) is 0 Å². The monoisotopic (exact) mass is 346 g/mol. The van der Waals surface area contributed by atoms with Crippen molar-refractivity contribution < 1.29 is 14.4 Å². The van der Waals surface area contributed by atoms with Crippen LogP contribution in [0.25, 0.3) is 0 Å². The number of halogens is 1. The fourth-order valence-electron chi connectivity index (χ4n) is 3.31. The minimum Gasteiger partial charge on any atom is -0.348 e. The average Bonchev–Trinajstić information content (AvgIpc) is 2.80. The molecule has 1 aliphatic heterocycles. The minimum absolute atomic E-state index is 0.227. The van der Waals surface area contributed by atoms with Crippen LogP contribution in [-0.4, -0.2) is 29.2 Å². The van der Waals surface area contributed by atoms with Crippen molar-refractivity contribution in [1.29, 1.82) is 0 Å². The first-order valence-corrected chi connectivity index (χ1v) is 8.40. The van der Waals surface area contributed by atoms with E-state index >= 15 is 0 Å². The molecular formula is C18H19ClN2O3. The quantitative estimate of drug-likeness (QED) is 0.672. The molecule has 3 rings (SSSR count). The van der Waals surface area contributed by atoms with Crippen molar-refractivity contribution in [3.05, 3.63) is 47.0 Å². The lowest BCUT2D eigenvalue weighted by Gasteiger charge is -2.18. The number of nitrogens with one attached hydrogen (secondary N) is 1. The zero-order valence-corrected chi connectivity index (χ0v) is 14.1. The average molecular weight is 347 g/mol. The Morgan fingerprint density at radius 1 is 1.25 bits per heavy atom. The van der Waals surface area contributed by atoms with E-state index < -0.39 is 0 Å². The van der Waals surface area contributed by atoms with Gasteiger partial charge < -0.3 is 5.32 Å². The second-order valence-corrected chi connectivity index (χ2v) is 6.70. The largest absolute Gasteiger partial charge is 0.348 e. The first-order valence-electron chi connectivity index (χ1n) is 8.02. The van der Waals surface area contributed by atoms with Crippen molar-refractivity contribution in [3.8, 4) is 0 Å². The number of amides is 3. The molecule has 0 saturated carbocycles. The summed E-state index contributed by atoms with van der Waals surface area (Å²) in [6.45, 7) is 1.61. The number of rotatable bonds is 4. The number of carbonyl (C=O) groups is 3. The molecule has 0 unspecified atom stereocenters. The Labute approximate surface area is 145 Å². The highest BCUT2D eigenvalue weighted by Gasteiger charge is 2.47.